The first-order chi connectivity index (χ1) is 8.25. The molecule has 86 valence electrons. The fraction of sp³-hybridized carbons (Fsp3) is 0.0769. The van der Waals surface area contributed by atoms with Crippen LogP contribution in [0.3, 0.4) is 0 Å². The summed E-state index contributed by atoms with van der Waals surface area (Å²) in [4.78, 5) is 14.4. The van der Waals surface area contributed by atoms with Gasteiger partial charge >= 0.3 is 5.97 Å². The molecule has 0 amide bonds. The van der Waals surface area contributed by atoms with Gasteiger partial charge in [0.05, 0.1) is 0 Å². The van der Waals surface area contributed by atoms with E-state index in [1.807, 2.05) is 30.3 Å². The number of benzene rings is 1. The number of carbonyl (C=O) groups is 1. The van der Waals surface area contributed by atoms with Crippen LogP contribution in [-0.4, -0.2) is 16.1 Å². The van der Waals surface area contributed by atoms with Crippen molar-refractivity contribution in [1.29, 1.82) is 0 Å². The standard InChI is InChI=1S/C13H11NO3/c15-13(16)12-8-11(6-7-14-12)17-9-10-4-2-1-3-5-10/h1-8H,9H2,(H,15,16). The summed E-state index contributed by atoms with van der Waals surface area (Å²) in [7, 11) is 0. The SMILES string of the molecule is O=C(O)c1cc(OCc2ccccc2)ccn1. The number of carboxylic acid groups (broad SMARTS) is 1. The van der Waals surface area contributed by atoms with Crippen LogP contribution in [0.15, 0.2) is 48.7 Å². The van der Waals surface area contributed by atoms with Gasteiger partial charge in [0.1, 0.15) is 12.4 Å². The normalized spacial score (nSPS) is 9.88. The van der Waals surface area contributed by atoms with Crippen molar-refractivity contribution < 1.29 is 14.6 Å². The molecule has 0 saturated heterocycles. The van der Waals surface area contributed by atoms with Gasteiger partial charge in [0.15, 0.2) is 5.69 Å². The molecule has 1 aromatic heterocycles. The van der Waals surface area contributed by atoms with Gasteiger partial charge in [-0.25, -0.2) is 9.78 Å². The second-order valence-corrected chi connectivity index (χ2v) is 3.46. The molecule has 0 saturated carbocycles. The average molecular weight is 229 g/mol. The monoisotopic (exact) mass is 229 g/mol. The lowest BCUT2D eigenvalue weighted by molar-refractivity contribution is 0.0690. The lowest BCUT2D eigenvalue weighted by Crippen LogP contribution is -2.01. The molecule has 0 fully saturated rings. The molecule has 0 unspecified atom stereocenters. The van der Waals surface area contributed by atoms with Gasteiger partial charge in [-0.1, -0.05) is 30.3 Å². The first kappa shape index (κ1) is 11.1. The number of rotatable bonds is 4. The summed E-state index contributed by atoms with van der Waals surface area (Å²) in [6, 6.07) is 12.7. The third kappa shape index (κ3) is 3.04. The molecule has 2 aromatic rings. The number of hydrogen-bond donors (Lipinski definition) is 1. The lowest BCUT2D eigenvalue weighted by atomic mass is 10.2. The van der Waals surface area contributed by atoms with Crippen LogP contribution >= 0.6 is 0 Å². The Hall–Kier alpha value is -2.36. The predicted octanol–water partition coefficient (Wildman–Crippen LogP) is 2.36. The highest BCUT2D eigenvalue weighted by atomic mass is 16.5. The smallest absolute Gasteiger partial charge is 0.354 e. The summed E-state index contributed by atoms with van der Waals surface area (Å²) in [5.74, 6) is -0.559. The van der Waals surface area contributed by atoms with Crippen LogP contribution in [0.2, 0.25) is 0 Å². The van der Waals surface area contributed by atoms with E-state index in [4.69, 9.17) is 9.84 Å². The number of carboxylic acids is 1. The van der Waals surface area contributed by atoms with Crippen molar-refractivity contribution in [2.45, 2.75) is 6.61 Å². The minimum absolute atomic E-state index is 0.0180. The second kappa shape index (κ2) is 5.12. The number of nitrogens with zero attached hydrogens (tertiary/aromatic N) is 1. The number of ether oxygens (including phenoxy) is 1. The van der Waals surface area contributed by atoms with Crippen LogP contribution in [0.1, 0.15) is 16.1 Å². The van der Waals surface area contributed by atoms with E-state index in [1.165, 1.54) is 12.3 Å². The van der Waals surface area contributed by atoms with E-state index in [0.29, 0.717) is 12.4 Å². The molecule has 0 atom stereocenters. The second-order valence-electron chi connectivity index (χ2n) is 3.46. The first-order valence-corrected chi connectivity index (χ1v) is 5.12. The molecule has 4 nitrogen and oxygen atoms in total. The maximum atomic E-state index is 10.7. The number of hydrogen-bond acceptors (Lipinski definition) is 3. The van der Waals surface area contributed by atoms with Crippen LogP contribution in [0, 0.1) is 0 Å². The van der Waals surface area contributed by atoms with Gasteiger partial charge in [0, 0.05) is 12.3 Å². The fourth-order valence-electron chi connectivity index (χ4n) is 1.36. The van der Waals surface area contributed by atoms with E-state index in [1.54, 1.807) is 6.07 Å². The van der Waals surface area contributed by atoms with E-state index in [0.717, 1.165) is 5.56 Å². The Kier molecular flexibility index (Phi) is 3.35. The van der Waals surface area contributed by atoms with Gasteiger partial charge in [-0.2, -0.15) is 0 Å². The Morgan fingerprint density at radius 1 is 1.24 bits per heavy atom. The van der Waals surface area contributed by atoms with Crippen LogP contribution < -0.4 is 4.74 Å². The number of aromatic nitrogens is 1. The maximum absolute atomic E-state index is 10.7. The summed E-state index contributed by atoms with van der Waals surface area (Å²) in [5, 5.41) is 8.78. The highest BCUT2D eigenvalue weighted by Gasteiger charge is 2.05. The fourth-order valence-corrected chi connectivity index (χ4v) is 1.36. The van der Waals surface area contributed by atoms with E-state index in [2.05, 4.69) is 4.98 Å². The molecule has 1 heterocycles. The Bertz CT molecular complexity index is 511. The molecule has 4 heteroatoms. The lowest BCUT2D eigenvalue weighted by Gasteiger charge is -2.06. The Balaban J connectivity index is 2.04. The van der Waals surface area contributed by atoms with Crippen molar-refractivity contribution in [3.63, 3.8) is 0 Å². The van der Waals surface area contributed by atoms with Gasteiger partial charge in [-0.05, 0) is 11.6 Å². The third-order valence-corrected chi connectivity index (χ3v) is 2.20. The summed E-state index contributed by atoms with van der Waals surface area (Å²) in [6.07, 6.45) is 1.42. The molecule has 0 aliphatic carbocycles. The van der Waals surface area contributed by atoms with Gasteiger partial charge < -0.3 is 9.84 Å². The largest absolute Gasteiger partial charge is 0.489 e. The Morgan fingerprint density at radius 2 is 2.00 bits per heavy atom. The van der Waals surface area contributed by atoms with Crippen molar-refractivity contribution in [2.24, 2.45) is 0 Å². The maximum Gasteiger partial charge on any atom is 0.354 e. The van der Waals surface area contributed by atoms with Crippen LogP contribution in [0.5, 0.6) is 5.75 Å². The minimum atomic E-state index is -1.06. The van der Waals surface area contributed by atoms with Crippen molar-refractivity contribution in [3.05, 3.63) is 59.9 Å². The highest BCUT2D eigenvalue weighted by molar-refractivity contribution is 5.85. The molecule has 2 rings (SSSR count). The third-order valence-electron chi connectivity index (χ3n) is 2.20. The van der Waals surface area contributed by atoms with Gasteiger partial charge in [0.2, 0.25) is 0 Å². The van der Waals surface area contributed by atoms with Gasteiger partial charge in [-0.15, -0.1) is 0 Å². The predicted molar refractivity (Wildman–Crippen MR) is 62.0 cm³/mol. The van der Waals surface area contributed by atoms with E-state index < -0.39 is 5.97 Å². The molecule has 0 aliphatic rings. The van der Waals surface area contributed by atoms with Crippen LogP contribution in [-0.2, 0) is 6.61 Å². The quantitative estimate of drug-likeness (QED) is 0.874. The number of pyridine rings is 1. The zero-order valence-electron chi connectivity index (χ0n) is 9.04. The van der Waals surface area contributed by atoms with E-state index in [-0.39, 0.29) is 5.69 Å². The zero-order chi connectivity index (χ0) is 12.1. The summed E-state index contributed by atoms with van der Waals surface area (Å²) in [5.41, 5.74) is 1.01. The van der Waals surface area contributed by atoms with Crippen LogP contribution in [0.25, 0.3) is 0 Å². The van der Waals surface area contributed by atoms with Crippen molar-refractivity contribution in [1.82, 2.24) is 4.98 Å². The zero-order valence-corrected chi connectivity index (χ0v) is 9.04. The molecule has 0 bridgehead atoms. The molecule has 1 aromatic carbocycles. The summed E-state index contributed by atoms with van der Waals surface area (Å²) >= 11 is 0. The summed E-state index contributed by atoms with van der Waals surface area (Å²) in [6.45, 7) is 0.407. The molecular formula is C13H11NO3. The first-order valence-electron chi connectivity index (χ1n) is 5.12. The molecule has 0 radical (unpaired) electrons. The number of aromatic carboxylic acids is 1. The average Bonchev–Trinajstić information content (AvgIpc) is 2.38. The van der Waals surface area contributed by atoms with Gasteiger partial charge in [0.25, 0.3) is 0 Å². The van der Waals surface area contributed by atoms with Crippen molar-refractivity contribution in [2.75, 3.05) is 0 Å². The van der Waals surface area contributed by atoms with E-state index in [9.17, 15) is 4.79 Å². The molecule has 1 N–H and O–H groups in total. The van der Waals surface area contributed by atoms with Crippen molar-refractivity contribution in [3.8, 4) is 5.75 Å². The molecule has 17 heavy (non-hydrogen) atoms. The van der Waals surface area contributed by atoms with E-state index >= 15 is 0 Å². The van der Waals surface area contributed by atoms with Crippen molar-refractivity contribution >= 4 is 5.97 Å². The molecule has 0 spiro atoms. The Labute approximate surface area is 98.5 Å². The molecule has 0 aliphatic heterocycles. The minimum Gasteiger partial charge on any atom is -0.489 e. The summed E-state index contributed by atoms with van der Waals surface area (Å²) < 4.78 is 5.48. The highest BCUT2D eigenvalue weighted by Crippen LogP contribution is 2.13. The Morgan fingerprint density at radius 3 is 2.71 bits per heavy atom. The molecular weight excluding hydrogens is 218 g/mol. The van der Waals surface area contributed by atoms with Crippen LogP contribution in [0.4, 0.5) is 0 Å². The topological polar surface area (TPSA) is 59.4 Å². The van der Waals surface area contributed by atoms with Gasteiger partial charge in [-0.3, -0.25) is 0 Å².